The third kappa shape index (κ3) is 2.93. The lowest BCUT2D eigenvalue weighted by Crippen LogP contribution is -2.07. The number of hydrogen-bond acceptors (Lipinski definition) is 4. The summed E-state index contributed by atoms with van der Waals surface area (Å²) in [6, 6.07) is 6.17. The van der Waals surface area contributed by atoms with Crippen LogP contribution in [0.3, 0.4) is 0 Å². The molecular formula is C14H14FNO3. The average molecular weight is 263 g/mol. The van der Waals surface area contributed by atoms with Gasteiger partial charge in [-0.25, -0.2) is 9.18 Å². The number of esters is 1. The van der Waals surface area contributed by atoms with Crippen molar-refractivity contribution in [2.75, 3.05) is 12.4 Å². The number of benzene rings is 1. The van der Waals surface area contributed by atoms with Gasteiger partial charge in [-0.15, -0.1) is 0 Å². The molecule has 2 rings (SSSR count). The lowest BCUT2D eigenvalue weighted by atomic mass is 10.2. The number of ether oxygens (including phenoxy) is 1. The summed E-state index contributed by atoms with van der Waals surface area (Å²) in [5.41, 5.74) is 2.26. The van der Waals surface area contributed by atoms with E-state index in [9.17, 15) is 9.18 Å². The minimum atomic E-state index is -0.530. The van der Waals surface area contributed by atoms with Crippen LogP contribution in [0.25, 0.3) is 0 Å². The van der Waals surface area contributed by atoms with Gasteiger partial charge >= 0.3 is 5.97 Å². The monoisotopic (exact) mass is 263 g/mol. The molecule has 1 N–H and O–H groups in total. The average Bonchev–Trinajstić information content (AvgIpc) is 2.87. The maximum Gasteiger partial charge on any atom is 0.374 e. The molecule has 2 aromatic rings. The molecule has 19 heavy (non-hydrogen) atoms. The minimum absolute atomic E-state index is 0.157. The molecule has 0 bridgehead atoms. The van der Waals surface area contributed by atoms with Crippen LogP contribution in [0.15, 0.2) is 34.9 Å². The number of aryl methyl sites for hydroxylation is 1. The van der Waals surface area contributed by atoms with Gasteiger partial charge in [0.1, 0.15) is 5.82 Å². The van der Waals surface area contributed by atoms with E-state index in [-0.39, 0.29) is 11.6 Å². The molecule has 0 spiro atoms. The second-order valence-corrected chi connectivity index (χ2v) is 4.08. The number of anilines is 1. The standard InChI is InChI=1S/C14H14FNO3/c1-9-3-4-11(15)7-12(9)16-8-10-5-6-19-13(10)14(17)18-2/h3-7,16H,8H2,1-2H3. The number of hydrogen-bond donors (Lipinski definition) is 1. The summed E-state index contributed by atoms with van der Waals surface area (Å²) in [6.45, 7) is 2.23. The largest absolute Gasteiger partial charge is 0.463 e. The van der Waals surface area contributed by atoms with Crippen LogP contribution in [0.1, 0.15) is 21.7 Å². The Bertz CT molecular complexity index is 592. The first kappa shape index (κ1) is 13.1. The number of carbonyl (C=O) groups excluding carboxylic acids is 1. The number of carbonyl (C=O) groups is 1. The quantitative estimate of drug-likeness (QED) is 0.861. The molecule has 0 radical (unpaired) electrons. The van der Waals surface area contributed by atoms with E-state index < -0.39 is 5.97 Å². The lowest BCUT2D eigenvalue weighted by Gasteiger charge is -2.09. The Morgan fingerprint density at radius 1 is 1.42 bits per heavy atom. The second kappa shape index (κ2) is 5.56. The van der Waals surface area contributed by atoms with Gasteiger partial charge in [0.2, 0.25) is 5.76 Å². The van der Waals surface area contributed by atoms with Gasteiger partial charge in [0.05, 0.1) is 13.4 Å². The summed E-state index contributed by atoms with van der Waals surface area (Å²) in [5.74, 6) is -0.685. The fourth-order valence-corrected chi connectivity index (χ4v) is 1.72. The van der Waals surface area contributed by atoms with Crippen LogP contribution >= 0.6 is 0 Å². The summed E-state index contributed by atoms with van der Waals surface area (Å²) in [6.07, 6.45) is 1.42. The summed E-state index contributed by atoms with van der Waals surface area (Å²) in [5, 5.41) is 3.07. The van der Waals surface area contributed by atoms with Crippen molar-refractivity contribution in [2.45, 2.75) is 13.5 Å². The summed E-state index contributed by atoms with van der Waals surface area (Å²) in [4.78, 5) is 11.4. The molecule has 5 heteroatoms. The van der Waals surface area contributed by atoms with Crippen LogP contribution in [0.4, 0.5) is 10.1 Å². The van der Waals surface area contributed by atoms with E-state index in [1.807, 2.05) is 6.92 Å². The summed E-state index contributed by atoms with van der Waals surface area (Å²) in [7, 11) is 1.29. The third-order valence-electron chi connectivity index (χ3n) is 2.79. The van der Waals surface area contributed by atoms with Crippen molar-refractivity contribution >= 4 is 11.7 Å². The summed E-state index contributed by atoms with van der Waals surface area (Å²) < 4.78 is 22.8. The zero-order valence-corrected chi connectivity index (χ0v) is 10.7. The van der Waals surface area contributed by atoms with Crippen molar-refractivity contribution < 1.29 is 18.3 Å². The van der Waals surface area contributed by atoms with Gasteiger partial charge in [-0.05, 0) is 30.7 Å². The Labute approximate surface area is 110 Å². The first-order valence-electron chi connectivity index (χ1n) is 5.76. The smallest absolute Gasteiger partial charge is 0.374 e. The Kier molecular flexibility index (Phi) is 3.85. The Morgan fingerprint density at radius 2 is 2.21 bits per heavy atom. The van der Waals surface area contributed by atoms with E-state index in [0.29, 0.717) is 17.8 Å². The maximum atomic E-state index is 13.1. The van der Waals surface area contributed by atoms with Crippen molar-refractivity contribution in [3.8, 4) is 0 Å². The van der Waals surface area contributed by atoms with E-state index in [4.69, 9.17) is 4.42 Å². The molecule has 1 aromatic carbocycles. The van der Waals surface area contributed by atoms with E-state index in [0.717, 1.165) is 5.56 Å². The van der Waals surface area contributed by atoms with Crippen LogP contribution in [0.2, 0.25) is 0 Å². The molecule has 0 unspecified atom stereocenters. The molecular weight excluding hydrogens is 249 g/mol. The fraction of sp³-hybridized carbons (Fsp3) is 0.214. The molecule has 0 atom stereocenters. The van der Waals surface area contributed by atoms with Crippen LogP contribution in [-0.4, -0.2) is 13.1 Å². The van der Waals surface area contributed by atoms with Gasteiger partial charge in [-0.2, -0.15) is 0 Å². The van der Waals surface area contributed by atoms with Crippen molar-refractivity contribution in [1.29, 1.82) is 0 Å². The second-order valence-electron chi connectivity index (χ2n) is 4.08. The zero-order chi connectivity index (χ0) is 13.8. The van der Waals surface area contributed by atoms with Gasteiger partial charge in [0, 0.05) is 17.8 Å². The predicted octanol–water partition coefficient (Wildman–Crippen LogP) is 3.13. The molecule has 0 aliphatic rings. The summed E-state index contributed by atoms with van der Waals surface area (Å²) >= 11 is 0. The molecule has 100 valence electrons. The molecule has 0 fully saturated rings. The highest BCUT2D eigenvalue weighted by Gasteiger charge is 2.15. The van der Waals surface area contributed by atoms with Gasteiger partial charge in [-0.1, -0.05) is 6.07 Å². The first-order valence-corrected chi connectivity index (χ1v) is 5.76. The lowest BCUT2D eigenvalue weighted by molar-refractivity contribution is 0.0563. The van der Waals surface area contributed by atoms with Crippen molar-refractivity contribution in [1.82, 2.24) is 0 Å². The third-order valence-corrected chi connectivity index (χ3v) is 2.79. The highest BCUT2D eigenvalue weighted by atomic mass is 19.1. The number of nitrogens with one attached hydrogen (secondary N) is 1. The first-order chi connectivity index (χ1) is 9.11. The highest BCUT2D eigenvalue weighted by molar-refractivity contribution is 5.87. The number of rotatable bonds is 4. The van der Waals surface area contributed by atoms with Gasteiger partial charge in [-0.3, -0.25) is 0 Å². The van der Waals surface area contributed by atoms with E-state index in [1.54, 1.807) is 12.1 Å². The molecule has 4 nitrogen and oxygen atoms in total. The van der Waals surface area contributed by atoms with Crippen LogP contribution in [-0.2, 0) is 11.3 Å². The topological polar surface area (TPSA) is 51.5 Å². The van der Waals surface area contributed by atoms with Gasteiger partial charge < -0.3 is 14.5 Å². The van der Waals surface area contributed by atoms with Crippen LogP contribution < -0.4 is 5.32 Å². The SMILES string of the molecule is COC(=O)c1occc1CNc1cc(F)ccc1C. The predicted molar refractivity (Wildman–Crippen MR) is 68.5 cm³/mol. The van der Waals surface area contributed by atoms with E-state index in [1.165, 1.54) is 25.5 Å². The fourth-order valence-electron chi connectivity index (χ4n) is 1.72. The van der Waals surface area contributed by atoms with Crippen LogP contribution in [0.5, 0.6) is 0 Å². The number of methoxy groups -OCH3 is 1. The normalized spacial score (nSPS) is 10.3. The molecule has 0 aliphatic heterocycles. The molecule has 0 amide bonds. The number of furan rings is 1. The molecule has 1 aromatic heterocycles. The molecule has 0 aliphatic carbocycles. The Morgan fingerprint density at radius 3 is 2.95 bits per heavy atom. The number of halogens is 1. The van der Waals surface area contributed by atoms with Gasteiger partial charge in [0.15, 0.2) is 0 Å². The van der Waals surface area contributed by atoms with E-state index >= 15 is 0 Å². The highest BCUT2D eigenvalue weighted by Crippen LogP contribution is 2.19. The minimum Gasteiger partial charge on any atom is -0.463 e. The Balaban J connectivity index is 2.13. The van der Waals surface area contributed by atoms with Crippen molar-refractivity contribution in [3.05, 3.63) is 53.2 Å². The van der Waals surface area contributed by atoms with Crippen LogP contribution in [0, 0.1) is 12.7 Å². The molecule has 0 saturated heterocycles. The zero-order valence-electron chi connectivity index (χ0n) is 10.7. The van der Waals surface area contributed by atoms with Crippen molar-refractivity contribution in [2.24, 2.45) is 0 Å². The maximum absolute atomic E-state index is 13.1. The van der Waals surface area contributed by atoms with Gasteiger partial charge in [0.25, 0.3) is 0 Å². The molecule has 1 heterocycles. The van der Waals surface area contributed by atoms with E-state index in [2.05, 4.69) is 10.1 Å². The Hall–Kier alpha value is -2.30. The molecule has 0 saturated carbocycles. The van der Waals surface area contributed by atoms with Crippen molar-refractivity contribution in [3.63, 3.8) is 0 Å².